The molecule has 7 heteroatoms. The largest absolute Gasteiger partial charge is 0.472 e. The number of halogens is 1. The summed E-state index contributed by atoms with van der Waals surface area (Å²) in [6.45, 7) is 1.15. The zero-order valence-electron chi connectivity index (χ0n) is 11.1. The van der Waals surface area contributed by atoms with E-state index in [2.05, 4.69) is 30.9 Å². The molecular weight excluding hydrogens is 336 g/mol. The fourth-order valence-electron chi connectivity index (χ4n) is 2.18. The lowest BCUT2D eigenvalue weighted by Gasteiger charge is -2.16. The molecule has 0 radical (unpaired) electrons. The van der Waals surface area contributed by atoms with Crippen LogP contribution in [-0.4, -0.2) is 45.0 Å². The summed E-state index contributed by atoms with van der Waals surface area (Å²) >= 11 is 3.40. The van der Waals surface area contributed by atoms with Gasteiger partial charge in [0.1, 0.15) is 6.10 Å². The van der Waals surface area contributed by atoms with Crippen molar-refractivity contribution in [1.82, 2.24) is 19.9 Å². The van der Waals surface area contributed by atoms with Crippen LogP contribution in [0.2, 0.25) is 0 Å². The van der Waals surface area contributed by atoms with Crippen LogP contribution in [-0.2, 0) is 0 Å². The number of amides is 1. The molecule has 0 aromatic carbocycles. The molecule has 0 unspecified atom stereocenters. The van der Waals surface area contributed by atoms with Gasteiger partial charge in [0.25, 0.3) is 5.91 Å². The third kappa shape index (κ3) is 3.18. The summed E-state index contributed by atoms with van der Waals surface area (Å²) in [6.07, 6.45) is 5.51. The normalized spacial score (nSPS) is 17.8. The average molecular weight is 349 g/mol. The van der Waals surface area contributed by atoms with E-state index in [1.165, 1.54) is 0 Å². The van der Waals surface area contributed by atoms with Gasteiger partial charge in [-0.2, -0.15) is 0 Å². The van der Waals surface area contributed by atoms with Crippen LogP contribution in [0.15, 0.2) is 41.3 Å². The maximum atomic E-state index is 12.2. The van der Waals surface area contributed by atoms with Crippen molar-refractivity contribution in [3.05, 3.63) is 47.1 Å². The molecule has 1 aliphatic rings. The van der Waals surface area contributed by atoms with Gasteiger partial charge in [-0.1, -0.05) is 0 Å². The molecule has 108 valence electrons. The van der Waals surface area contributed by atoms with E-state index in [9.17, 15) is 4.79 Å². The van der Waals surface area contributed by atoms with Crippen LogP contribution in [0.1, 0.15) is 17.0 Å². The molecule has 0 aliphatic carbocycles. The van der Waals surface area contributed by atoms with E-state index in [1.807, 2.05) is 12.1 Å². The van der Waals surface area contributed by atoms with E-state index in [-0.39, 0.29) is 17.8 Å². The highest BCUT2D eigenvalue weighted by Gasteiger charge is 2.30. The van der Waals surface area contributed by atoms with Crippen LogP contribution in [0, 0.1) is 0 Å². The van der Waals surface area contributed by atoms with Crippen molar-refractivity contribution < 1.29 is 9.53 Å². The number of hydrogen-bond donors (Lipinski definition) is 0. The van der Waals surface area contributed by atoms with Crippen molar-refractivity contribution >= 4 is 21.8 Å². The predicted octanol–water partition coefficient (Wildman–Crippen LogP) is 1.93. The zero-order chi connectivity index (χ0) is 14.7. The highest BCUT2D eigenvalue weighted by Crippen LogP contribution is 2.24. The number of nitrogens with zero attached hydrogens (tertiary/aromatic N) is 4. The molecular formula is C14H13BrN4O2. The van der Waals surface area contributed by atoms with Gasteiger partial charge in [0.2, 0.25) is 11.7 Å². The summed E-state index contributed by atoms with van der Waals surface area (Å²) in [4.78, 5) is 26.1. The summed E-state index contributed by atoms with van der Waals surface area (Å²) < 4.78 is 6.64. The third-order valence-electron chi connectivity index (χ3n) is 3.19. The van der Waals surface area contributed by atoms with E-state index in [4.69, 9.17) is 4.74 Å². The maximum absolute atomic E-state index is 12.2. The van der Waals surface area contributed by atoms with Crippen molar-refractivity contribution in [2.75, 3.05) is 13.1 Å². The lowest BCUT2D eigenvalue weighted by Crippen LogP contribution is -2.32. The number of carbonyl (C=O) groups is 1. The number of pyridine rings is 1. The van der Waals surface area contributed by atoms with Crippen molar-refractivity contribution in [3.63, 3.8) is 0 Å². The van der Waals surface area contributed by atoms with Gasteiger partial charge >= 0.3 is 0 Å². The Labute approximate surface area is 130 Å². The van der Waals surface area contributed by atoms with Gasteiger partial charge in [-0.3, -0.25) is 4.79 Å². The lowest BCUT2D eigenvalue weighted by molar-refractivity contribution is 0.0759. The zero-order valence-corrected chi connectivity index (χ0v) is 12.7. The van der Waals surface area contributed by atoms with Crippen molar-refractivity contribution in [3.8, 4) is 5.88 Å². The first-order valence-corrected chi connectivity index (χ1v) is 7.37. The number of rotatable bonds is 3. The second-order valence-electron chi connectivity index (χ2n) is 4.64. The van der Waals surface area contributed by atoms with Gasteiger partial charge in [-0.05, 0) is 34.1 Å². The second-order valence-corrected chi connectivity index (χ2v) is 5.50. The van der Waals surface area contributed by atoms with E-state index in [0.717, 1.165) is 10.9 Å². The van der Waals surface area contributed by atoms with Gasteiger partial charge < -0.3 is 9.64 Å². The Morgan fingerprint density at radius 3 is 2.76 bits per heavy atom. The van der Waals surface area contributed by atoms with Gasteiger partial charge in [0, 0.05) is 31.6 Å². The molecule has 1 amide bonds. The fourth-order valence-corrected chi connectivity index (χ4v) is 2.52. The Morgan fingerprint density at radius 2 is 2.00 bits per heavy atom. The van der Waals surface area contributed by atoms with Gasteiger partial charge in [-0.25, -0.2) is 15.0 Å². The third-order valence-corrected chi connectivity index (χ3v) is 3.80. The highest BCUT2D eigenvalue weighted by molar-refractivity contribution is 9.10. The minimum absolute atomic E-state index is 0.0659. The Kier molecular flexibility index (Phi) is 4.10. The Morgan fingerprint density at radius 1 is 1.24 bits per heavy atom. The number of likely N-dealkylation sites (tertiary alicyclic amines) is 1. The first-order chi connectivity index (χ1) is 10.2. The fraction of sp³-hybridized carbons (Fsp3) is 0.286. The molecule has 0 spiro atoms. The van der Waals surface area contributed by atoms with Crippen LogP contribution < -0.4 is 4.74 Å². The molecule has 0 saturated carbocycles. The van der Waals surface area contributed by atoms with Crippen LogP contribution in [0.3, 0.4) is 0 Å². The minimum atomic E-state index is -0.165. The quantitative estimate of drug-likeness (QED) is 0.847. The molecule has 1 fully saturated rings. The first-order valence-electron chi connectivity index (χ1n) is 6.57. The Bertz CT molecular complexity index is 638. The van der Waals surface area contributed by atoms with E-state index in [0.29, 0.717) is 19.0 Å². The number of aromatic nitrogens is 3. The molecule has 1 aliphatic heterocycles. The average Bonchev–Trinajstić information content (AvgIpc) is 2.98. The SMILES string of the molecule is O=C(c1ncccn1)N1CC[C@H](Oc2ncccc2Br)C1. The van der Waals surface area contributed by atoms with E-state index < -0.39 is 0 Å². The monoisotopic (exact) mass is 348 g/mol. The summed E-state index contributed by atoms with van der Waals surface area (Å²) in [7, 11) is 0. The molecule has 0 N–H and O–H groups in total. The van der Waals surface area contributed by atoms with Gasteiger partial charge in [0.15, 0.2) is 0 Å². The van der Waals surface area contributed by atoms with Gasteiger partial charge in [0.05, 0.1) is 11.0 Å². The minimum Gasteiger partial charge on any atom is -0.472 e. The van der Waals surface area contributed by atoms with Crippen LogP contribution in [0.5, 0.6) is 5.88 Å². The first kappa shape index (κ1) is 13.9. The molecule has 0 bridgehead atoms. The maximum Gasteiger partial charge on any atom is 0.291 e. The number of hydrogen-bond acceptors (Lipinski definition) is 5. The van der Waals surface area contributed by atoms with Crippen molar-refractivity contribution in [2.45, 2.75) is 12.5 Å². The molecule has 3 heterocycles. The second kappa shape index (κ2) is 6.17. The number of ether oxygens (including phenoxy) is 1. The predicted molar refractivity (Wildman–Crippen MR) is 78.9 cm³/mol. The smallest absolute Gasteiger partial charge is 0.291 e. The highest BCUT2D eigenvalue weighted by atomic mass is 79.9. The summed E-state index contributed by atoms with van der Waals surface area (Å²) in [6, 6.07) is 5.39. The van der Waals surface area contributed by atoms with E-state index in [1.54, 1.807) is 29.6 Å². The molecule has 1 saturated heterocycles. The van der Waals surface area contributed by atoms with Gasteiger partial charge in [-0.15, -0.1) is 0 Å². The number of carbonyl (C=O) groups excluding carboxylic acids is 1. The topological polar surface area (TPSA) is 68.2 Å². The summed E-state index contributed by atoms with van der Waals surface area (Å²) in [5, 5.41) is 0. The molecule has 2 aromatic heterocycles. The van der Waals surface area contributed by atoms with Crippen LogP contribution in [0.25, 0.3) is 0 Å². The molecule has 6 nitrogen and oxygen atoms in total. The van der Waals surface area contributed by atoms with Crippen LogP contribution >= 0.6 is 15.9 Å². The molecule has 21 heavy (non-hydrogen) atoms. The summed E-state index contributed by atoms with van der Waals surface area (Å²) in [5.74, 6) is 0.603. The Balaban J connectivity index is 1.63. The Hall–Kier alpha value is -2.02. The molecule has 3 rings (SSSR count). The van der Waals surface area contributed by atoms with Crippen molar-refractivity contribution in [2.24, 2.45) is 0 Å². The summed E-state index contributed by atoms with van der Waals surface area (Å²) in [5.41, 5.74) is 0. The lowest BCUT2D eigenvalue weighted by atomic mass is 10.3. The van der Waals surface area contributed by atoms with Crippen LogP contribution in [0.4, 0.5) is 0 Å². The molecule has 1 atom stereocenters. The molecule has 2 aromatic rings. The van der Waals surface area contributed by atoms with E-state index >= 15 is 0 Å². The standard InChI is InChI=1S/C14H13BrN4O2/c15-11-3-1-5-18-13(11)21-10-4-8-19(9-10)14(20)12-16-6-2-7-17-12/h1-3,5-7,10H,4,8-9H2/t10-/m0/s1. The van der Waals surface area contributed by atoms with Crippen molar-refractivity contribution in [1.29, 1.82) is 0 Å².